The van der Waals surface area contributed by atoms with Crippen molar-refractivity contribution in [2.24, 2.45) is 0 Å². The highest BCUT2D eigenvalue weighted by atomic mass is 16.5. The number of hydrogen-bond acceptors (Lipinski definition) is 1. The van der Waals surface area contributed by atoms with E-state index >= 15 is 0 Å². The van der Waals surface area contributed by atoms with E-state index in [1.807, 2.05) is 6.08 Å². The third kappa shape index (κ3) is 1.71. The van der Waals surface area contributed by atoms with Gasteiger partial charge in [-0.25, -0.2) is 0 Å². The summed E-state index contributed by atoms with van der Waals surface area (Å²) < 4.78 is 5.23. The molecule has 0 unspecified atom stereocenters. The van der Waals surface area contributed by atoms with E-state index in [1.165, 1.54) is 5.57 Å². The molecule has 0 bridgehead atoms. The Balaban J connectivity index is 2.48. The Labute approximate surface area is 62.4 Å². The van der Waals surface area contributed by atoms with Crippen LogP contribution < -0.4 is 0 Å². The molecule has 1 nitrogen and oxygen atoms in total. The van der Waals surface area contributed by atoms with Crippen molar-refractivity contribution in [3.63, 3.8) is 0 Å². The van der Waals surface area contributed by atoms with Gasteiger partial charge in [0.05, 0.1) is 6.10 Å². The van der Waals surface area contributed by atoms with E-state index in [0.717, 1.165) is 19.3 Å². The van der Waals surface area contributed by atoms with E-state index in [0.29, 0.717) is 6.10 Å². The molecule has 0 aromatic heterocycles. The van der Waals surface area contributed by atoms with E-state index in [9.17, 15) is 0 Å². The van der Waals surface area contributed by atoms with Crippen LogP contribution in [0, 0.1) is 0 Å². The molecular formula is C9H14O. The zero-order chi connectivity index (χ0) is 7.40. The molecule has 56 valence electrons. The van der Waals surface area contributed by atoms with Gasteiger partial charge in [-0.05, 0) is 19.3 Å². The fourth-order valence-corrected chi connectivity index (χ4v) is 1.27. The molecule has 0 aromatic rings. The van der Waals surface area contributed by atoms with Crippen LogP contribution in [0.4, 0.5) is 0 Å². The third-order valence-electron chi connectivity index (χ3n) is 1.95. The van der Waals surface area contributed by atoms with Crippen molar-refractivity contribution in [3.05, 3.63) is 24.3 Å². The molecule has 0 amide bonds. The van der Waals surface area contributed by atoms with Crippen LogP contribution in [0.25, 0.3) is 0 Å². The van der Waals surface area contributed by atoms with Crippen molar-refractivity contribution in [1.29, 1.82) is 0 Å². The zero-order valence-corrected chi connectivity index (χ0v) is 6.47. The Morgan fingerprint density at radius 2 is 2.60 bits per heavy atom. The van der Waals surface area contributed by atoms with Crippen LogP contribution in [0.3, 0.4) is 0 Å². The number of methoxy groups -OCH3 is 1. The number of ether oxygens (including phenoxy) is 1. The molecule has 1 aliphatic carbocycles. The van der Waals surface area contributed by atoms with Gasteiger partial charge in [-0.3, -0.25) is 0 Å². The van der Waals surface area contributed by atoms with Crippen molar-refractivity contribution in [1.82, 2.24) is 0 Å². The molecule has 0 aliphatic heterocycles. The summed E-state index contributed by atoms with van der Waals surface area (Å²) in [4.78, 5) is 0. The quantitative estimate of drug-likeness (QED) is 0.569. The van der Waals surface area contributed by atoms with E-state index in [4.69, 9.17) is 4.74 Å². The number of allylic oxidation sites excluding steroid dienone is 2. The topological polar surface area (TPSA) is 9.23 Å². The maximum Gasteiger partial charge on any atom is 0.0614 e. The van der Waals surface area contributed by atoms with Gasteiger partial charge in [0.15, 0.2) is 0 Å². The molecule has 1 heteroatoms. The summed E-state index contributed by atoms with van der Waals surface area (Å²) in [7, 11) is 1.77. The summed E-state index contributed by atoms with van der Waals surface area (Å²) in [5.41, 5.74) is 1.33. The molecule has 0 saturated carbocycles. The molecule has 10 heavy (non-hydrogen) atoms. The van der Waals surface area contributed by atoms with Crippen molar-refractivity contribution in [2.75, 3.05) is 7.11 Å². The van der Waals surface area contributed by atoms with Gasteiger partial charge in [-0.2, -0.15) is 0 Å². The van der Waals surface area contributed by atoms with Crippen molar-refractivity contribution in [3.8, 4) is 0 Å². The van der Waals surface area contributed by atoms with Crippen molar-refractivity contribution >= 4 is 0 Å². The van der Waals surface area contributed by atoms with Crippen LogP contribution in [-0.4, -0.2) is 13.2 Å². The fourth-order valence-electron chi connectivity index (χ4n) is 1.27. The summed E-state index contributed by atoms with van der Waals surface area (Å²) in [6, 6.07) is 0. The van der Waals surface area contributed by atoms with Crippen LogP contribution in [0.5, 0.6) is 0 Å². The fraction of sp³-hybridized carbons (Fsp3) is 0.556. The molecule has 0 aromatic carbocycles. The lowest BCUT2D eigenvalue weighted by Gasteiger charge is -2.19. The summed E-state index contributed by atoms with van der Waals surface area (Å²) in [5, 5.41) is 0. The average molecular weight is 138 g/mol. The smallest absolute Gasteiger partial charge is 0.0614 e. The maximum atomic E-state index is 5.23. The van der Waals surface area contributed by atoms with E-state index in [1.54, 1.807) is 7.11 Å². The second-order valence-corrected chi connectivity index (χ2v) is 2.62. The SMILES string of the molecule is C=CC1=CCC[C@@H](OC)C1. The minimum atomic E-state index is 0.429. The molecule has 1 atom stereocenters. The molecule has 0 saturated heterocycles. The highest BCUT2D eigenvalue weighted by Crippen LogP contribution is 2.20. The van der Waals surface area contributed by atoms with Crippen LogP contribution in [-0.2, 0) is 4.74 Å². The molecule has 1 aliphatic rings. The first-order valence-electron chi connectivity index (χ1n) is 3.71. The van der Waals surface area contributed by atoms with Crippen LogP contribution >= 0.6 is 0 Å². The molecule has 0 spiro atoms. The molecule has 0 fully saturated rings. The zero-order valence-electron chi connectivity index (χ0n) is 6.47. The van der Waals surface area contributed by atoms with Gasteiger partial charge < -0.3 is 4.74 Å². The van der Waals surface area contributed by atoms with Gasteiger partial charge in [-0.15, -0.1) is 0 Å². The van der Waals surface area contributed by atoms with E-state index in [2.05, 4.69) is 12.7 Å². The van der Waals surface area contributed by atoms with Gasteiger partial charge in [0.1, 0.15) is 0 Å². The molecule has 0 N–H and O–H groups in total. The van der Waals surface area contributed by atoms with Crippen molar-refractivity contribution in [2.45, 2.75) is 25.4 Å². The van der Waals surface area contributed by atoms with Crippen LogP contribution in [0.15, 0.2) is 24.3 Å². The van der Waals surface area contributed by atoms with Gasteiger partial charge in [0.25, 0.3) is 0 Å². The second kappa shape index (κ2) is 3.57. The summed E-state index contributed by atoms with van der Waals surface area (Å²) in [6.45, 7) is 3.73. The largest absolute Gasteiger partial charge is 0.381 e. The number of rotatable bonds is 2. The highest BCUT2D eigenvalue weighted by molar-refractivity contribution is 5.19. The normalized spacial score (nSPS) is 25.7. The monoisotopic (exact) mass is 138 g/mol. The second-order valence-electron chi connectivity index (χ2n) is 2.62. The Hall–Kier alpha value is -0.560. The Morgan fingerprint density at radius 1 is 1.80 bits per heavy atom. The highest BCUT2D eigenvalue weighted by Gasteiger charge is 2.11. The van der Waals surface area contributed by atoms with Crippen LogP contribution in [0.1, 0.15) is 19.3 Å². The summed E-state index contributed by atoms with van der Waals surface area (Å²) in [6.07, 6.45) is 7.93. The molecule has 1 rings (SSSR count). The van der Waals surface area contributed by atoms with Crippen LogP contribution in [0.2, 0.25) is 0 Å². The predicted octanol–water partition coefficient (Wildman–Crippen LogP) is 2.30. The molecule has 0 radical (unpaired) electrons. The van der Waals surface area contributed by atoms with E-state index in [-0.39, 0.29) is 0 Å². The third-order valence-corrected chi connectivity index (χ3v) is 1.95. The van der Waals surface area contributed by atoms with Gasteiger partial charge in [-0.1, -0.05) is 24.3 Å². The van der Waals surface area contributed by atoms with Gasteiger partial charge >= 0.3 is 0 Å². The lowest BCUT2D eigenvalue weighted by Crippen LogP contribution is -2.13. The Morgan fingerprint density at radius 3 is 3.20 bits per heavy atom. The summed E-state index contributed by atoms with van der Waals surface area (Å²) in [5.74, 6) is 0. The minimum Gasteiger partial charge on any atom is -0.381 e. The minimum absolute atomic E-state index is 0.429. The first-order valence-corrected chi connectivity index (χ1v) is 3.71. The van der Waals surface area contributed by atoms with Gasteiger partial charge in [0.2, 0.25) is 0 Å². The summed E-state index contributed by atoms with van der Waals surface area (Å²) >= 11 is 0. The Bertz CT molecular complexity index is 147. The molecule has 0 heterocycles. The number of hydrogen-bond donors (Lipinski definition) is 0. The van der Waals surface area contributed by atoms with Crippen molar-refractivity contribution < 1.29 is 4.74 Å². The first kappa shape index (κ1) is 7.55. The maximum absolute atomic E-state index is 5.23. The van der Waals surface area contributed by atoms with Gasteiger partial charge in [0, 0.05) is 7.11 Å². The standard InChI is InChI=1S/C9H14O/c1-3-8-5-4-6-9(7-8)10-2/h3,5,9H,1,4,6-7H2,2H3/t9-/m1/s1. The molecular weight excluding hydrogens is 124 g/mol. The average Bonchev–Trinajstić information content (AvgIpc) is 2.05. The first-order chi connectivity index (χ1) is 4.86. The lowest BCUT2D eigenvalue weighted by atomic mass is 9.97. The lowest BCUT2D eigenvalue weighted by molar-refractivity contribution is 0.0934. The predicted molar refractivity (Wildman–Crippen MR) is 42.9 cm³/mol. The Kier molecular flexibility index (Phi) is 2.69. The van der Waals surface area contributed by atoms with E-state index < -0.39 is 0 Å².